The van der Waals surface area contributed by atoms with E-state index in [0.717, 1.165) is 0 Å². The summed E-state index contributed by atoms with van der Waals surface area (Å²) in [7, 11) is 0. The van der Waals surface area contributed by atoms with Gasteiger partial charge in [0, 0.05) is 17.6 Å². The van der Waals surface area contributed by atoms with Gasteiger partial charge in [-0.3, -0.25) is 0 Å². The van der Waals surface area contributed by atoms with Crippen molar-refractivity contribution in [1.82, 2.24) is 5.32 Å². The van der Waals surface area contributed by atoms with Gasteiger partial charge in [-0.1, -0.05) is 43.9 Å². The van der Waals surface area contributed by atoms with Crippen molar-refractivity contribution in [3.8, 4) is 5.75 Å². The van der Waals surface area contributed by atoms with Crippen molar-refractivity contribution in [2.45, 2.75) is 51.2 Å². The molecule has 3 nitrogen and oxygen atoms in total. The molecule has 2 N–H and O–H groups in total. The Morgan fingerprint density at radius 1 is 1.33 bits per heavy atom. The van der Waals surface area contributed by atoms with Crippen molar-refractivity contribution in [2.75, 3.05) is 13.2 Å². The van der Waals surface area contributed by atoms with Gasteiger partial charge in [0.2, 0.25) is 0 Å². The monoisotopic (exact) mass is 311 g/mol. The Hall–Kier alpha value is -0.770. The van der Waals surface area contributed by atoms with Gasteiger partial charge in [-0.15, -0.1) is 0 Å². The summed E-state index contributed by atoms with van der Waals surface area (Å²) in [6.45, 7) is 3.17. The Bertz CT molecular complexity index is 427. The first-order valence-electron chi connectivity index (χ1n) is 7.95. The summed E-state index contributed by atoms with van der Waals surface area (Å²) in [6, 6.07) is 7.78. The van der Waals surface area contributed by atoms with Crippen LogP contribution in [0.5, 0.6) is 5.75 Å². The average Bonchev–Trinajstić information content (AvgIpc) is 2.67. The molecule has 0 radical (unpaired) electrons. The van der Waals surface area contributed by atoms with E-state index in [0.29, 0.717) is 29.3 Å². The van der Waals surface area contributed by atoms with E-state index >= 15 is 0 Å². The quantitative estimate of drug-likeness (QED) is 0.788. The predicted molar refractivity (Wildman–Crippen MR) is 87.0 cm³/mol. The van der Waals surface area contributed by atoms with Crippen LogP contribution in [-0.2, 0) is 0 Å². The maximum Gasteiger partial charge on any atom is 0.120 e. The van der Waals surface area contributed by atoms with Crippen molar-refractivity contribution in [3.05, 3.63) is 29.3 Å². The van der Waals surface area contributed by atoms with E-state index in [1.807, 2.05) is 12.1 Å². The van der Waals surface area contributed by atoms with Gasteiger partial charge < -0.3 is 15.2 Å². The number of halogens is 1. The third-order valence-corrected chi connectivity index (χ3v) is 4.45. The van der Waals surface area contributed by atoms with Gasteiger partial charge in [-0.25, -0.2) is 0 Å². The number of hydrogen-bond acceptors (Lipinski definition) is 3. The van der Waals surface area contributed by atoms with Crippen LogP contribution >= 0.6 is 11.6 Å². The number of benzene rings is 1. The van der Waals surface area contributed by atoms with Crippen molar-refractivity contribution in [1.29, 1.82) is 0 Å². The Morgan fingerprint density at radius 3 is 2.95 bits per heavy atom. The lowest BCUT2D eigenvalue weighted by atomic mass is 9.97. The number of aliphatic hydroxyl groups is 1. The zero-order chi connectivity index (χ0) is 15.1. The fourth-order valence-electron chi connectivity index (χ4n) is 2.89. The fraction of sp³-hybridized carbons (Fsp3) is 0.647. The van der Waals surface area contributed by atoms with Gasteiger partial charge in [0.1, 0.15) is 18.5 Å². The Balaban J connectivity index is 1.70. The second-order valence-electron chi connectivity index (χ2n) is 6.05. The van der Waals surface area contributed by atoms with Crippen LogP contribution < -0.4 is 10.1 Å². The predicted octanol–water partition coefficient (Wildman–Crippen LogP) is 3.64. The zero-order valence-corrected chi connectivity index (χ0v) is 13.5. The summed E-state index contributed by atoms with van der Waals surface area (Å²) in [5.74, 6) is 1.39. The lowest BCUT2D eigenvalue weighted by Crippen LogP contribution is -2.40. The summed E-state index contributed by atoms with van der Waals surface area (Å²) >= 11 is 5.90. The van der Waals surface area contributed by atoms with Crippen LogP contribution in [0.4, 0.5) is 0 Å². The highest BCUT2D eigenvalue weighted by Gasteiger charge is 2.20. The van der Waals surface area contributed by atoms with Crippen LogP contribution in [0, 0.1) is 5.92 Å². The summed E-state index contributed by atoms with van der Waals surface area (Å²) < 4.78 is 5.57. The number of nitrogens with one attached hydrogen (secondary N) is 1. The molecule has 0 spiro atoms. The van der Waals surface area contributed by atoms with Gasteiger partial charge in [-0.05, 0) is 37.0 Å². The maximum absolute atomic E-state index is 10.0. The lowest BCUT2D eigenvalue weighted by Gasteiger charge is -2.24. The Labute approximate surface area is 132 Å². The molecule has 0 aromatic heterocycles. The molecule has 0 bridgehead atoms. The van der Waals surface area contributed by atoms with Crippen LogP contribution in [0.1, 0.15) is 39.0 Å². The van der Waals surface area contributed by atoms with Gasteiger partial charge in [0.15, 0.2) is 0 Å². The standard InChI is InChI=1S/C17H26ClNO2/c1-13-6-3-2-4-9-17(13)19-11-15(20)12-21-16-8-5-7-14(18)10-16/h5,7-8,10,13,15,17,19-20H,2-4,6,9,11-12H2,1H3. The average molecular weight is 312 g/mol. The minimum atomic E-state index is -0.501. The van der Waals surface area contributed by atoms with E-state index in [9.17, 15) is 5.11 Å². The molecule has 1 aromatic rings. The third kappa shape index (κ3) is 5.85. The minimum Gasteiger partial charge on any atom is -0.491 e. The number of ether oxygens (including phenoxy) is 1. The first-order chi connectivity index (χ1) is 10.1. The van der Waals surface area contributed by atoms with E-state index in [1.165, 1.54) is 32.1 Å². The van der Waals surface area contributed by atoms with Crippen LogP contribution in [0.2, 0.25) is 5.02 Å². The molecule has 1 fully saturated rings. The Morgan fingerprint density at radius 2 is 2.14 bits per heavy atom. The molecule has 0 aliphatic heterocycles. The molecule has 3 atom stereocenters. The van der Waals surface area contributed by atoms with Gasteiger partial charge in [0.05, 0.1) is 0 Å². The SMILES string of the molecule is CC1CCCCCC1NCC(O)COc1cccc(Cl)c1. The fourth-order valence-corrected chi connectivity index (χ4v) is 3.07. The van der Waals surface area contributed by atoms with Gasteiger partial charge >= 0.3 is 0 Å². The highest BCUT2D eigenvalue weighted by Crippen LogP contribution is 2.23. The van der Waals surface area contributed by atoms with Crippen molar-refractivity contribution in [3.63, 3.8) is 0 Å². The maximum atomic E-state index is 10.0. The van der Waals surface area contributed by atoms with Crippen molar-refractivity contribution < 1.29 is 9.84 Å². The normalized spacial score (nSPS) is 24.3. The van der Waals surface area contributed by atoms with E-state index in [2.05, 4.69) is 12.2 Å². The molecule has 1 aliphatic rings. The molecular weight excluding hydrogens is 286 g/mol. The minimum absolute atomic E-state index is 0.286. The molecule has 3 unspecified atom stereocenters. The topological polar surface area (TPSA) is 41.5 Å². The van der Waals surface area contributed by atoms with Crippen LogP contribution in [0.3, 0.4) is 0 Å². The molecule has 2 rings (SSSR count). The van der Waals surface area contributed by atoms with Crippen LogP contribution in [0.15, 0.2) is 24.3 Å². The molecule has 118 valence electrons. The first kappa shape index (κ1) is 16.6. The second kappa shape index (κ2) is 8.62. The molecule has 0 saturated heterocycles. The van der Waals surface area contributed by atoms with Gasteiger partial charge in [-0.2, -0.15) is 0 Å². The van der Waals surface area contributed by atoms with Crippen molar-refractivity contribution in [2.24, 2.45) is 5.92 Å². The molecular formula is C17H26ClNO2. The number of hydrogen-bond donors (Lipinski definition) is 2. The largest absolute Gasteiger partial charge is 0.491 e. The molecule has 4 heteroatoms. The van der Waals surface area contributed by atoms with Crippen LogP contribution in [0.25, 0.3) is 0 Å². The molecule has 0 heterocycles. The second-order valence-corrected chi connectivity index (χ2v) is 6.49. The third-order valence-electron chi connectivity index (χ3n) is 4.22. The molecule has 1 aliphatic carbocycles. The summed E-state index contributed by atoms with van der Waals surface area (Å²) in [5.41, 5.74) is 0. The van der Waals surface area contributed by atoms with E-state index in [-0.39, 0.29) is 6.61 Å². The smallest absolute Gasteiger partial charge is 0.120 e. The summed E-state index contributed by atoms with van der Waals surface area (Å²) in [4.78, 5) is 0. The highest BCUT2D eigenvalue weighted by atomic mass is 35.5. The molecule has 21 heavy (non-hydrogen) atoms. The van der Waals surface area contributed by atoms with E-state index in [4.69, 9.17) is 16.3 Å². The van der Waals surface area contributed by atoms with Crippen molar-refractivity contribution >= 4 is 11.6 Å². The number of aliphatic hydroxyl groups excluding tert-OH is 1. The van der Waals surface area contributed by atoms with Crippen LogP contribution in [-0.4, -0.2) is 30.4 Å². The zero-order valence-electron chi connectivity index (χ0n) is 12.7. The summed E-state index contributed by atoms with van der Waals surface area (Å²) in [6.07, 6.45) is 5.95. The molecule has 0 amide bonds. The van der Waals surface area contributed by atoms with E-state index in [1.54, 1.807) is 12.1 Å². The molecule has 1 aromatic carbocycles. The number of rotatable bonds is 6. The molecule has 1 saturated carbocycles. The van der Waals surface area contributed by atoms with Gasteiger partial charge in [0.25, 0.3) is 0 Å². The Kier molecular flexibility index (Phi) is 6.81. The highest BCUT2D eigenvalue weighted by molar-refractivity contribution is 6.30. The summed E-state index contributed by atoms with van der Waals surface area (Å²) in [5, 5.41) is 14.2. The van der Waals surface area contributed by atoms with E-state index < -0.39 is 6.10 Å². The lowest BCUT2D eigenvalue weighted by molar-refractivity contribution is 0.101. The first-order valence-corrected chi connectivity index (χ1v) is 8.33.